The Bertz CT molecular complexity index is 364. The van der Waals surface area contributed by atoms with E-state index in [1.165, 1.54) is 5.57 Å². The van der Waals surface area contributed by atoms with Gasteiger partial charge in [0.05, 0.1) is 5.70 Å². The summed E-state index contributed by atoms with van der Waals surface area (Å²) in [5.74, 6) is 0.333. The lowest BCUT2D eigenvalue weighted by Gasteiger charge is -2.33. The molecule has 0 spiro atoms. The van der Waals surface area contributed by atoms with Crippen LogP contribution in [0.1, 0.15) is 27.2 Å². The number of aliphatic imine (C=N–C) groups is 1. The number of nitrogens with zero attached hydrogens (tertiary/aromatic N) is 1. The Labute approximate surface area is 84.9 Å². The molecule has 1 atom stereocenters. The Kier molecular flexibility index (Phi) is 1.95. The molecule has 1 N–H and O–H groups in total. The molecule has 14 heavy (non-hydrogen) atoms. The molecule has 0 aromatic heterocycles. The third-order valence-electron chi connectivity index (χ3n) is 2.96. The maximum Gasteiger partial charge on any atom is 0.0680 e. The van der Waals surface area contributed by atoms with Crippen LogP contribution in [0.15, 0.2) is 28.4 Å². The van der Waals surface area contributed by atoms with Gasteiger partial charge in [0, 0.05) is 17.8 Å². The van der Waals surface area contributed by atoms with Gasteiger partial charge in [0.1, 0.15) is 0 Å². The SMILES string of the molecule is CC(C)(C)C1CC2=CC=NC2=CC1=N. The fraction of sp³-hybridized carbons (Fsp3) is 0.500. The molecule has 1 unspecified atom stereocenters. The zero-order valence-electron chi connectivity index (χ0n) is 8.96. The number of allylic oxidation sites excluding steroid dienone is 3. The van der Waals surface area contributed by atoms with E-state index in [0.29, 0.717) is 5.92 Å². The molecule has 1 heterocycles. The van der Waals surface area contributed by atoms with E-state index in [2.05, 4.69) is 31.8 Å². The first kappa shape index (κ1) is 9.38. The maximum absolute atomic E-state index is 7.98. The van der Waals surface area contributed by atoms with Crippen molar-refractivity contribution in [1.29, 1.82) is 5.41 Å². The quantitative estimate of drug-likeness (QED) is 0.606. The summed E-state index contributed by atoms with van der Waals surface area (Å²) in [6.45, 7) is 6.59. The molecule has 1 aliphatic carbocycles. The molecule has 1 aliphatic heterocycles. The highest BCUT2D eigenvalue weighted by Gasteiger charge is 2.32. The first-order chi connectivity index (χ1) is 6.48. The van der Waals surface area contributed by atoms with Crippen molar-refractivity contribution in [3.05, 3.63) is 23.4 Å². The second-order valence-electron chi connectivity index (χ2n) is 5.08. The standard InChI is InChI=1S/C12H16N2/c1-12(2,3)9-6-8-4-5-14-11(8)7-10(9)13/h4-5,7,9,13H,6H2,1-3H3. The minimum atomic E-state index is 0.169. The normalized spacial score (nSPS) is 25.9. The van der Waals surface area contributed by atoms with E-state index in [1.807, 2.05) is 12.3 Å². The molecule has 0 bridgehead atoms. The van der Waals surface area contributed by atoms with E-state index in [-0.39, 0.29) is 5.41 Å². The molecule has 0 aromatic carbocycles. The van der Waals surface area contributed by atoms with Crippen molar-refractivity contribution in [2.24, 2.45) is 16.3 Å². The van der Waals surface area contributed by atoms with Gasteiger partial charge in [0.15, 0.2) is 0 Å². The highest BCUT2D eigenvalue weighted by atomic mass is 14.8. The van der Waals surface area contributed by atoms with Crippen LogP contribution in [0.5, 0.6) is 0 Å². The Morgan fingerprint density at radius 1 is 1.43 bits per heavy atom. The molecule has 0 saturated heterocycles. The fourth-order valence-corrected chi connectivity index (χ4v) is 2.03. The molecule has 0 saturated carbocycles. The summed E-state index contributed by atoms with van der Waals surface area (Å²) in [4.78, 5) is 4.23. The average Bonchev–Trinajstić information content (AvgIpc) is 2.47. The third kappa shape index (κ3) is 1.45. The number of rotatable bonds is 0. The average molecular weight is 188 g/mol. The van der Waals surface area contributed by atoms with E-state index < -0.39 is 0 Å². The van der Waals surface area contributed by atoms with Crippen molar-refractivity contribution in [2.45, 2.75) is 27.2 Å². The van der Waals surface area contributed by atoms with Crippen LogP contribution in [0.2, 0.25) is 0 Å². The maximum atomic E-state index is 7.98. The predicted molar refractivity (Wildman–Crippen MR) is 59.9 cm³/mol. The van der Waals surface area contributed by atoms with Crippen molar-refractivity contribution >= 4 is 11.9 Å². The lowest BCUT2D eigenvalue weighted by atomic mass is 9.71. The first-order valence-electron chi connectivity index (χ1n) is 5.02. The molecule has 0 aromatic rings. The Hall–Kier alpha value is -1.18. The highest BCUT2D eigenvalue weighted by molar-refractivity contribution is 5.99. The van der Waals surface area contributed by atoms with E-state index in [9.17, 15) is 0 Å². The highest BCUT2D eigenvalue weighted by Crippen LogP contribution is 2.38. The summed E-state index contributed by atoms with van der Waals surface area (Å²) in [5.41, 5.74) is 3.18. The van der Waals surface area contributed by atoms with Crippen molar-refractivity contribution < 1.29 is 0 Å². The van der Waals surface area contributed by atoms with E-state index in [4.69, 9.17) is 5.41 Å². The largest absolute Gasteiger partial charge is 0.305 e. The van der Waals surface area contributed by atoms with Gasteiger partial charge in [-0.1, -0.05) is 20.8 Å². The van der Waals surface area contributed by atoms with Crippen LogP contribution in [-0.2, 0) is 0 Å². The smallest absolute Gasteiger partial charge is 0.0680 e. The van der Waals surface area contributed by atoms with E-state index in [0.717, 1.165) is 17.8 Å². The van der Waals surface area contributed by atoms with Crippen LogP contribution in [0, 0.1) is 16.7 Å². The zero-order chi connectivity index (χ0) is 10.3. The fourth-order valence-electron chi connectivity index (χ4n) is 2.03. The van der Waals surface area contributed by atoms with Crippen molar-refractivity contribution in [1.82, 2.24) is 0 Å². The molecular formula is C12H16N2. The molecule has 2 aliphatic rings. The van der Waals surface area contributed by atoms with E-state index >= 15 is 0 Å². The summed E-state index contributed by atoms with van der Waals surface area (Å²) in [6, 6.07) is 0. The number of hydrogen-bond acceptors (Lipinski definition) is 2. The predicted octanol–water partition coefficient (Wildman–Crippen LogP) is 2.97. The molecule has 2 rings (SSSR count). The summed E-state index contributed by atoms with van der Waals surface area (Å²) in [5, 5.41) is 7.98. The van der Waals surface area contributed by atoms with Crippen LogP contribution in [0.3, 0.4) is 0 Å². The monoisotopic (exact) mass is 188 g/mol. The van der Waals surface area contributed by atoms with Gasteiger partial charge < -0.3 is 5.41 Å². The molecule has 74 valence electrons. The molecule has 2 nitrogen and oxygen atoms in total. The lowest BCUT2D eigenvalue weighted by molar-refractivity contribution is 0.309. The van der Waals surface area contributed by atoms with Gasteiger partial charge in [-0.25, -0.2) is 0 Å². The summed E-state index contributed by atoms with van der Waals surface area (Å²) >= 11 is 0. The van der Waals surface area contributed by atoms with Gasteiger partial charge in [0.25, 0.3) is 0 Å². The molecule has 0 amide bonds. The van der Waals surface area contributed by atoms with Crippen LogP contribution in [0.25, 0.3) is 0 Å². The van der Waals surface area contributed by atoms with Crippen molar-refractivity contribution in [2.75, 3.05) is 0 Å². The molecule has 0 radical (unpaired) electrons. The Balaban J connectivity index is 2.33. The van der Waals surface area contributed by atoms with Gasteiger partial charge >= 0.3 is 0 Å². The van der Waals surface area contributed by atoms with Crippen LogP contribution in [-0.4, -0.2) is 11.9 Å². The van der Waals surface area contributed by atoms with Gasteiger partial charge in [-0.15, -0.1) is 0 Å². The first-order valence-corrected chi connectivity index (χ1v) is 5.02. The van der Waals surface area contributed by atoms with Crippen LogP contribution < -0.4 is 0 Å². The topological polar surface area (TPSA) is 36.2 Å². The Morgan fingerprint density at radius 3 is 2.79 bits per heavy atom. The Morgan fingerprint density at radius 2 is 2.14 bits per heavy atom. The molecule has 0 fully saturated rings. The van der Waals surface area contributed by atoms with Gasteiger partial charge in [-0.2, -0.15) is 0 Å². The second kappa shape index (κ2) is 2.91. The van der Waals surface area contributed by atoms with Gasteiger partial charge in [-0.05, 0) is 29.6 Å². The van der Waals surface area contributed by atoms with Gasteiger partial charge in [0.2, 0.25) is 0 Å². The number of fused-ring (bicyclic) bond motifs is 1. The van der Waals surface area contributed by atoms with Crippen molar-refractivity contribution in [3.8, 4) is 0 Å². The summed E-state index contributed by atoms with van der Waals surface area (Å²) in [7, 11) is 0. The molecule has 2 heteroatoms. The number of hydrogen-bond donors (Lipinski definition) is 1. The van der Waals surface area contributed by atoms with Crippen LogP contribution in [0.4, 0.5) is 0 Å². The summed E-state index contributed by atoms with van der Waals surface area (Å²) < 4.78 is 0. The minimum absolute atomic E-state index is 0.169. The minimum Gasteiger partial charge on any atom is -0.305 e. The third-order valence-corrected chi connectivity index (χ3v) is 2.96. The van der Waals surface area contributed by atoms with E-state index in [1.54, 1.807) is 0 Å². The summed E-state index contributed by atoms with van der Waals surface area (Å²) in [6.07, 6.45) is 6.78. The number of nitrogens with one attached hydrogen (secondary N) is 1. The van der Waals surface area contributed by atoms with Crippen LogP contribution >= 0.6 is 0 Å². The van der Waals surface area contributed by atoms with Crippen molar-refractivity contribution in [3.63, 3.8) is 0 Å². The lowest BCUT2D eigenvalue weighted by Crippen LogP contribution is -2.30. The second-order valence-corrected chi connectivity index (χ2v) is 5.08. The molecular weight excluding hydrogens is 172 g/mol. The van der Waals surface area contributed by atoms with Gasteiger partial charge in [-0.3, -0.25) is 4.99 Å². The zero-order valence-corrected chi connectivity index (χ0v) is 8.96.